The highest BCUT2D eigenvalue weighted by atomic mass is 16.6. The van der Waals surface area contributed by atoms with Crippen LogP contribution in [0.5, 0.6) is 0 Å². The summed E-state index contributed by atoms with van der Waals surface area (Å²) in [6.45, 7) is 9.03. The number of ether oxygens (including phenoxy) is 1. The standard InChI is InChI=1S/C24H31N3O4/c1-15-13-18-14-17(16-9-11-26(12-10-16)23(30)31-24(2,3)4)5-6-19(18)27(15)20-7-8-21(28)25-22(20)29/h5-6,13-14,16,20H,7-12H2,1-4H3,(H,25,28,29). The molecule has 166 valence electrons. The van der Waals surface area contributed by atoms with Gasteiger partial charge in [-0.15, -0.1) is 0 Å². The summed E-state index contributed by atoms with van der Waals surface area (Å²) in [5.74, 6) is -0.0341. The number of aryl methyl sites for hydroxylation is 1. The lowest BCUT2D eigenvalue weighted by molar-refractivity contribution is -0.135. The third-order valence-corrected chi connectivity index (χ3v) is 6.20. The number of amides is 3. The fourth-order valence-corrected chi connectivity index (χ4v) is 4.71. The van der Waals surface area contributed by atoms with Crippen LogP contribution in [-0.4, -0.2) is 46.1 Å². The van der Waals surface area contributed by atoms with Gasteiger partial charge in [-0.05, 0) is 76.6 Å². The van der Waals surface area contributed by atoms with E-state index in [1.54, 1.807) is 4.90 Å². The number of nitrogens with one attached hydrogen (secondary N) is 1. The number of hydrogen-bond donors (Lipinski definition) is 1. The molecule has 4 rings (SSSR count). The highest BCUT2D eigenvalue weighted by Crippen LogP contribution is 2.34. The Balaban J connectivity index is 1.49. The predicted octanol–water partition coefficient (Wildman–Crippen LogP) is 4.04. The van der Waals surface area contributed by atoms with Crippen LogP contribution >= 0.6 is 0 Å². The highest BCUT2D eigenvalue weighted by Gasteiger charge is 2.31. The number of aromatic nitrogens is 1. The van der Waals surface area contributed by atoms with E-state index in [9.17, 15) is 14.4 Å². The van der Waals surface area contributed by atoms with Gasteiger partial charge in [-0.25, -0.2) is 4.79 Å². The number of piperidine rings is 2. The lowest BCUT2D eigenvalue weighted by atomic mass is 9.89. The second-order valence-corrected chi connectivity index (χ2v) is 9.68. The molecular formula is C24H31N3O4. The number of likely N-dealkylation sites (tertiary alicyclic amines) is 1. The lowest BCUT2D eigenvalue weighted by Gasteiger charge is -2.33. The molecule has 2 aliphatic rings. The van der Waals surface area contributed by atoms with Crippen LogP contribution in [0.2, 0.25) is 0 Å². The van der Waals surface area contributed by atoms with E-state index >= 15 is 0 Å². The Hall–Kier alpha value is -2.83. The lowest BCUT2D eigenvalue weighted by Crippen LogP contribution is -2.41. The summed E-state index contributed by atoms with van der Waals surface area (Å²) in [6.07, 6.45) is 2.46. The molecular weight excluding hydrogens is 394 g/mol. The number of benzene rings is 1. The van der Waals surface area contributed by atoms with E-state index in [0.717, 1.165) is 29.4 Å². The van der Waals surface area contributed by atoms with Crippen LogP contribution < -0.4 is 5.32 Å². The first-order chi connectivity index (χ1) is 14.6. The number of carbonyl (C=O) groups is 3. The minimum atomic E-state index is -0.480. The Kier molecular flexibility index (Phi) is 5.54. The Bertz CT molecular complexity index is 1030. The fraction of sp³-hybridized carbons (Fsp3) is 0.542. The van der Waals surface area contributed by atoms with E-state index < -0.39 is 5.60 Å². The van der Waals surface area contributed by atoms with E-state index in [0.29, 0.717) is 31.8 Å². The van der Waals surface area contributed by atoms with Crippen molar-refractivity contribution in [3.05, 3.63) is 35.5 Å². The summed E-state index contributed by atoms with van der Waals surface area (Å²) in [7, 11) is 0. The molecule has 2 aromatic rings. The van der Waals surface area contributed by atoms with Crippen molar-refractivity contribution in [3.8, 4) is 0 Å². The van der Waals surface area contributed by atoms with Crippen molar-refractivity contribution >= 4 is 28.8 Å². The zero-order chi connectivity index (χ0) is 22.3. The van der Waals surface area contributed by atoms with E-state index in [-0.39, 0.29) is 23.9 Å². The normalized spacial score (nSPS) is 20.8. The Labute approximate surface area is 182 Å². The summed E-state index contributed by atoms with van der Waals surface area (Å²) >= 11 is 0. The molecule has 3 heterocycles. The van der Waals surface area contributed by atoms with Crippen LogP contribution in [0.1, 0.15) is 69.7 Å². The fourth-order valence-electron chi connectivity index (χ4n) is 4.71. The maximum atomic E-state index is 12.4. The van der Waals surface area contributed by atoms with Gasteiger partial charge in [0.1, 0.15) is 11.6 Å². The van der Waals surface area contributed by atoms with Crippen molar-refractivity contribution in [2.45, 2.75) is 70.9 Å². The van der Waals surface area contributed by atoms with Crippen LogP contribution in [0.25, 0.3) is 10.9 Å². The van der Waals surface area contributed by atoms with Gasteiger partial charge in [-0.2, -0.15) is 0 Å². The minimum Gasteiger partial charge on any atom is -0.444 e. The molecule has 7 nitrogen and oxygen atoms in total. The molecule has 1 N–H and O–H groups in total. The van der Waals surface area contributed by atoms with Crippen LogP contribution in [0, 0.1) is 6.92 Å². The van der Waals surface area contributed by atoms with E-state index in [1.165, 1.54) is 5.56 Å². The largest absolute Gasteiger partial charge is 0.444 e. The summed E-state index contributed by atoms with van der Waals surface area (Å²) in [4.78, 5) is 38.0. The molecule has 2 fully saturated rings. The first kappa shape index (κ1) is 21.4. The number of hydrogen-bond acceptors (Lipinski definition) is 4. The zero-order valence-electron chi connectivity index (χ0n) is 18.7. The van der Waals surface area contributed by atoms with Gasteiger partial charge in [0.15, 0.2) is 0 Å². The van der Waals surface area contributed by atoms with Gasteiger partial charge in [0.2, 0.25) is 11.8 Å². The SMILES string of the molecule is Cc1cc2cc(C3CCN(C(=O)OC(C)(C)C)CC3)ccc2n1C1CCC(=O)NC1=O. The Morgan fingerprint density at radius 2 is 1.81 bits per heavy atom. The topological polar surface area (TPSA) is 80.6 Å². The average Bonchev–Trinajstić information content (AvgIpc) is 3.02. The molecule has 1 aromatic heterocycles. The highest BCUT2D eigenvalue weighted by molar-refractivity contribution is 6.00. The van der Waals surface area contributed by atoms with Crippen LogP contribution in [0.4, 0.5) is 4.79 Å². The smallest absolute Gasteiger partial charge is 0.410 e. The van der Waals surface area contributed by atoms with Gasteiger partial charge in [0, 0.05) is 36.1 Å². The summed E-state index contributed by atoms with van der Waals surface area (Å²) in [5, 5.41) is 3.56. The molecule has 0 radical (unpaired) electrons. The molecule has 0 spiro atoms. The molecule has 2 saturated heterocycles. The van der Waals surface area contributed by atoms with Crippen molar-refractivity contribution in [2.75, 3.05) is 13.1 Å². The van der Waals surface area contributed by atoms with Crippen molar-refractivity contribution in [1.29, 1.82) is 0 Å². The van der Waals surface area contributed by atoms with Crippen molar-refractivity contribution in [1.82, 2.24) is 14.8 Å². The molecule has 1 aromatic carbocycles. The van der Waals surface area contributed by atoms with Gasteiger partial charge in [0.25, 0.3) is 0 Å². The van der Waals surface area contributed by atoms with Crippen LogP contribution in [0.3, 0.4) is 0 Å². The molecule has 1 atom stereocenters. The molecule has 0 bridgehead atoms. The van der Waals surface area contributed by atoms with Crippen LogP contribution in [0.15, 0.2) is 24.3 Å². The monoisotopic (exact) mass is 425 g/mol. The third-order valence-electron chi connectivity index (χ3n) is 6.20. The first-order valence-electron chi connectivity index (χ1n) is 11.1. The maximum absolute atomic E-state index is 12.4. The predicted molar refractivity (Wildman–Crippen MR) is 118 cm³/mol. The van der Waals surface area contributed by atoms with E-state index in [1.807, 2.05) is 32.3 Å². The van der Waals surface area contributed by atoms with Gasteiger partial charge < -0.3 is 14.2 Å². The maximum Gasteiger partial charge on any atom is 0.410 e. The molecule has 1 unspecified atom stereocenters. The van der Waals surface area contributed by atoms with E-state index in [2.05, 4.69) is 29.6 Å². The molecule has 0 saturated carbocycles. The third kappa shape index (κ3) is 4.45. The number of rotatable bonds is 2. The van der Waals surface area contributed by atoms with E-state index in [4.69, 9.17) is 4.74 Å². The van der Waals surface area contributed by atoms with Crippen molar-refractivity contribution in [3.63, 3.8) is 0 Å². The summed E-state index contributed by atoms with van der Waals surface area (Å²) in [5.41, 5.74) is 2.81. The summed E-state index contributed by atoms with van der Waals surface area (Å²) < 4.78 is 7.54. The summed E-state index contributed by atoms with van der Waals surface area (Å²) in [6, 6.07) is 8.19. The Morgan fingerprint density at radius 3 is 2.45 bits per heavy atom. The first-order valence-corrected chi connectivity index (χ1v) is 11.1. The van der Waals surface area contributed by atoms with Gasteiger partial charge >= 0.3 is 6.09 Å². The van der Waals surface area contributed by atoms with Crippen molar-refractivity contribution in [2.24, 2.45) is 0 Å². The molecule has 7 heteroatoms. The minimum absolute atomic E-state index is 0.199. The zero-order valence-corrected chi connectivity index (χ0v) is 18.7. The quantitative estimate of drug-likeness (QED) is 0.737. The molecule has 3 amide bonds. The molecule has 0 aliphatic carbocycles. The average molecular weight is 426 g/mol. The molecule has 31 heavy (non-hydrogen) atoms. The Morgan fingerprint density at radius 1 is 1.10 bits per heavy atom. The number of imide groups is 1. The van der Waals surface area contributed by atoms with Gasteiger partial charge in [-0.3, -0.25) is 14.9 Å². The van der Waals surface area contributed by atoms with Crippen LogP contribution in [-0.2, 0) is 14.3 Å². The number of carbonyl (C=O) groups excluding carboxylic acids is 3. The second-order valence-electron chi connectivity index (χ2n) is 9.68. The van der Waals surface area contributed by atoms with Gasteiger partial charge in [-0.1, -0.05) is 6.07 Å². The van der Waals surface area contributed by atoms with Gasteiger partial charge in [0.05, 0.1) is 0 Å². The second kappa shape index (κ2) is 8.02. The molecule has 2 aliphatic heterocycles. The number of nitrogens with zero attached hydrogens (tertiary/aromatic N) is 2. The number of fused-ring (bicyclic) bond motifs is 1. The van der Waals surface area contributed by atoms with Crippen molar-refractivity contribution < 1.29 is 19.1 Å².